The van der Waals surface area contributed by atoms with E-state index < -0.39 is 211 Å². The van der Waals surface area contributed by atoms with Gasteiger partial charge in [-0.25, -0.2) is 0 Å². The van der Waals surface area contributed by atoms with Gasteiger partial charge in [-0.3, -0.25) is 9.59 Å². The molecule has 5 aliphatic heterocycles. The standard InChI is InChI=1S/C74H136N2O28/c1-4-6-8-10-12-14-16-18-19-20-21-22-23-24-25-27-29-31-33-35-37-39-54(84)76-47(48(83)38-36-34-32-30-28-26-17-15-13-11-9-7-5-2)45-95-71-63(92)61(90)67(53(44-81)100-71)102-74-64(93)68(57(86)50(41-78)98-74)103-70-55(75-46(3)82)59(88)66(52(43-80)99-70)101-73-65(94)69(58(87)51(42-79)97-73)104-72-62(91)60(89)56(85)49(40-77)96-72/h36,38,47-53,55-74,77-81,83,85-94H,4-35,37,39-45H2,1-3H3,(H,75,82)(H,76,84)/b38-36+/t47-,48+,49?,50?,51?,52?,53?,55?,56-,57-,58-,59+,60-,61+,62?,63?,64?,65?,66+,67+,68-,69-,70-,71+,72+,73-,74-/m0/s1. The Bertz CT molecular complexity index is 2250. The number of allylic oxidation sites excluding steroid dienone is 1. The summed E-state index contributed by atoms with van der Waals surface area (Å²) in [5, 5.41) is 181. The van der Waals surface area contributed by atoms with Crippen LogP contribution in [0.5, 0.6) is 0 Å². The molecule has 5 rings (SSSR count). The minimum atomic E-state index is -2.15. The van der Waals surface area contributed by atoms with Crippen molar-refractivity contribution in [3.05, 3.63) is 12.2 Å². The Balaban J connectivity index is 1.17. The van der Waals surface area contributed by atoms with Crippen molar-refractivity contribution in [2.45, 2.75) is 405 Å². The van der Waals surface area contributed by atoms with Gasteiger partial charge in [0.1, 0.15) is 122 Å². The van der Waals surface area contributed by atoms with Crippen LogP contribution in [-0.2, 0) is 57.0 Å². The number of hydrogen-bond donors (Lipinski definition) is 18. The fraction of sp³-hybridized carbons (Fsp3) is 0.946. The zero-order valence-corrected chi connectivity index (χ0v) is 62.1. The summed E-state index contributed by atoms with van der Waals surface area (Å²) in [6.07, 6.45) is -2.96. The number of hydrogen-bond acceptors (Lipinski definition) is 28. The third-order valence-electron chi connectivity index (χ3n) is 20.7. The summed E-state index contributed by atoms with van der Waals surface area (Å²) in [7, 11) is 0. The van der Waals surface area contributed by atoms with Gasteiger partial charge in [-0.05, 0) is 19.3 Å². The molecule has 27 atom stereocenters. The highest BCUT2D eigenvalue weighted by atomic mass is 16.8. The molecule has 2 amide bonds. The average Bonchev–Trinajstić information content (AvgIpc) is 0.769. The van der Waals surface area contributed by atoms with E-state index in [2.05, 4.69) is 24.5 Å². The Morgan fingerprint density at radius 2 is 0.712 bits per heavy atom. The van der Waals surface area contributed by atoms with Crippen molar-refractivity contribution in [2.75, 3.05) is 39.6 Å². The molecule has 0 saturated carbocycles. The maximum atomic E-state index is 13.5. The first kappa shape index (κ1) is 92.2. The molecule has 5 aliphatic rings. The van der Waals surface area contributed by atoms with Crippen LogP contribution in [0, 0.1) is 0 Å². The molecule has 5 saturated heterocycles. The van der Waals surface area contributed by atoms with Gasteiger partial charge in [0.15, 0.2) is 31.5 Å². The van der Waals surface area contributed by atoms with E-state index in [0.29, 0.717) is 12.8 Å². The number of carbonyl (C=O) groups excluding carboxylic acids is 2. The van der Waals surface area contributed by atoms with Crippen molar-refractivity contribution in [3.63, 3.8) is 0 Å². The number of rotatable bonds is 54. The molecular weight excluding hydrogens is 1360 g/mol. The summed E-state index contributed by atoms with van der Waals surface area (Å²) in [6, 6.07) is -2.81. The Hall–Kier alpha value is -2.36. The Kier molecular flexibility index (Phi) is 46.1. The summed E-state index contributed by atoms with van der Waals surface area (Å²) < 4.78 is 58.4. The fourth-order valence-corrected chi connectivity index (χ4v) is 14.3. The Labute approximate surface area is 615 Å². The van der Waals surface area contributed by atoms with Crippen molar-refractivity contribution in [1.29, 1.82) is 0 Å². The Morgan fingerprint density at radius 3 is 1.12 bits per heavy atom. The van der Waals surface area contributed by atoms with Gasteiger partial charge >= 0.3 is 0 Å². The average molecular weight is 1500 g/mol. The van der Waals surface area contributed by atoms with Gasteiger partial charge in [-0.15, -0.1) is 0 Å². The summed E-state index contributed by atoms with van der Waals surface area (Å²) >= 11 is 0. The molecule has 30 nitrogen and oxygen atoms in total. The lowest BCUT2D eigenvalue weighted by Crippen LogP contribution is -2.70. The normalized spacial score (nSPS) is 34.7. The topological polar surface area (TPSA) is 474 Å². The van der Waals surface area contributed by atoms with Crippen molar-refractivity contribution in [2.24, 2.45) is 0 Å². The Morgan fingerprint density at radius 1 is 0.375 bits per heavy atom. The highest BCUT2D eigenvalue weighted by Gasteiger charge is 2.57. The molecule has 610 valence electrons. The second-order valence-corrected chi connectivity index (χ2v) is 29.2. The lowest BCUT2D eigenvalue weighted by atomic mass is 9.94. The predicted octanol–water partition coefficient (Wildman–Crippen LogP) is 1.95. The van der Waals surface area contributed by atoms with Gasteiger partial charge in [-0.1, -0.05) is 219 Å². The SMILES string of the molecule is CCCCCCCCCCCCC/C=C/[C@@H](O)[C@H](CO[C@@H]1OC(CO)[C@@H](O[C@@H]2OC(CO)[C@H](O)[C@H](O[C@@H]3OC(CO)[C@@H](O[C@@H]4OC(CO)[C@H](O)[C@H](O[C@H]5OC(CO)[C@H](O)[C@H](O)C5O)C4O)[C@H](O)C3NC(C)=O)C2O)[C@H](O)C1O)NC(=O)CCCCCCCCCCCCCCCCCCCCCCC. The van der Waals surface area contributed by atoms with Crippen LogP contribution in [0.3, 0.4) is 0 Å². The first-order valence-electron chi connectivity index (χ1n) is 39.5. The zero-order valence-electron chi connectivity index (χ0n) is 62.1. The number of aliphatic hydroxyl groups excluding tert-OH is 16. The van der Waals surface area contributed by atoms with Gasteiger partial charge < -0.3 is 140 Å². The van der Waals surface area contributed by atoms with Gasteiger partial charge in [0.2, 0.25) is 11.8 Å². The van der Waals surface area contributed by atoms with Crippen molar-refractivity contribution >= 4 is 11.8 Å². The van der Waals surface area contributed by atoms with Crippen LogP contribution < -0.4 is 10.6 Å². The monoisotopic (exact) mass is 1500 g/mol. The molecule has 0 bridgehead atoms. The highest BCUT2D eigenvalue weighted by Crippen LogP contribution is 2.37. The number of unbranched alkanes of at least 4 members (excludes halogenated alkanes) is 31. The molecule has 30 heteroatoms. The quantitative estimate of drug-likeness (QED) is 0.0306. The molecule has 0 aromatic rings. The van der Waals surface area contributed by atoms with E-state index in [4.69, 9.17) is 47.4 Å². The number of aliphatic hydroxyl groups is 16. The molecule has 5 fully saturated rings. The zero-order chi connectivity index (χ0) is 75.9. The van der Waals surface area contributed by atoms with E-state index in [1.165, 1.54) is 154 Å². The van der Waals surface area contributed by atoms with E-state index in [1.807, 2.05) is 6.08 Å². The first-order chi connectivity index (χ1) is 50.2. The molecule has 5 heterocycles. The molecule has 0 aromatic carbocycles. The lowest BCUT2D eigenvalue weighted by molar-refractivity contribution is -0.387. The third-order valence-corrected chi connectivity index (χ3v) is 20.7. The van der Waals surface area contributed by atoms with Gasteiger partial charge in [0.05, 0.1) is 51.8 Å². The van der Waals surface area contributed by atoms with Crippen LogP contribution in [0.2, 0.25) is 0 Å². The fourth-order valence-electron chi connectivity index (χ4n) is 14.3. The third kappa shape index (κ3) is 30.4. The van der Waals surface area contributed by atoms with Crippen molar-refractivity contribution < 1.29 is 139 Å². The van der Waals surface area contributed by atoms with Crippen LogP contribution >= 0.6 is 0 Å². The largest absolute Gasteiger partial charge is 0.394 e. The number of carbonyl (C=O) groups is 2. The summed E-state index contributed by atoms with van der Waals surface area (Å²) in [5.41, 5.74) is 0. The second-order valence-electron chi connectivity index (χ2n) is 29.2. The van der Waals surface area contributed by atoms with Gasteiger partial charge in [0.25, 0.3) is 0 Å². The summed E-state index contributed by atoms with van der Waals surface area (Å²) in [5.74, 6) is -1.15. The first-order valence-corrected chi connectivity index (χ1v) is 39.5. The van der Waals surface area contributed by atoms with E-state index in [9.17, 15) is 91.3 Å². The minimum Gasteiger partial charge on any atom is -0.394 e. The molecule has 10 unspecified atom stereocenters. The molecule has 18 N–H and O–H groups in total. The maximum Gasteiger partial charge on any atom is 0.220 e. The van der Waals surface area contributed by atoms with E-state index in [-0.39, 0.29) is 12.3 Å². The van der Waals surface area contributed by atoms with E-state index in [1.54, 1.807) is 6.08 Å². The smallest absolute Gasteiger partial charge is 0.220 e. The number of ether oxygens (including phenoxy) is 10. The second kappa shape index (κ2) is 52.0. The highest BCUT2D eigenvalue weighted by molar-refractivity contribution is 5.76. The molecular formula is C74H136N2O28. The summed E-state index contributed by atoms with van der Waals surface area (Å²) in [6.45, 7) is 0.366. The van der Waals surface area contributed by atoms with Crippen LogP contribution in [0.25, 0.3) is 0 Å². The van der Waals surface area contributed by atoms with Gasteiger partial charge in [0, 0.05) is 13.3 Å². The summed E-state index contributed by atoms with van der Waals surface area (Å²) in [4.78, 5) is 26.3. The van der Waals surface area contributed by atoms with E-state index >= 15 is 0 Å². The van der Waals surface area contributed by atoms with E-state index in [0.717, 1.165) is 51.9 Å². The van der Waals surface area contributed by atoms with Gasteiger partial charge in [-0.2, -0.15) is 0 Å². The van der Waals surface area contributed by atoms with Crippen LogP contribution in [0.15, 0.2) is 12.2 Å². The number of nitrogens with one attached hydrogen (secondary N) is 2. The molecule has 104 heavy (non-hydrogen) atoms. The minimum absolute atomic E-state index is 0.194. The maximum absolute atomic E-state index is 13.5. The lowest BCUT2D eigenvalue weighted by Gasteiger charge is -2.50. The van der Waals surface area contributed by atoms with Crippen molar-refractivity contribution in [3.8, 4) is 0 Å². The van der Waals surface area contributed by atoms with Crippen LogP contribution in [-0.4, -0.2) is 299 Å². The van der Waals surface area contributed by atoms with Crippen LogP contribution in [0.4, 0.5) is 0 Å². The van der Waals surface area contributed by atoms with Crippen LogP contribution in [0.1, 0.15) is 239 Å². The molecule has 0 aromatic heterocycles. The number of amides is 2. The predicted molar refractivity (Wildman–Crippen MR) is 377 cm³/mol. The molecule has 0 radical (unpaired) electrons. The molecule has 0 spiro atoms. The molecule has 0 aliphatic carbocycles. The van der Waals surface area contributed by atoms with Crippen molar-refractivity contribution in [1.82, 2.24) is 10.6 Å².